The minimum absolute atomic E-state index is 0.0499. The number of H-pyrrole nitrogens is 1. The van der Waals surface area contributed by atoms with Crippen LogP contribution in [0.4, 0.5) is 0 Å². The number of nitrogens with one attached hydrogen (secondary N) is 1. The van der Waals surface area contributed by atoms with E-state index in [-0.39, 0.29) is 5.78 Å². The molecular weight excluding hydrogens is 398 g/mol. The van der Waals surface area contributed by atoms with Gasteiger partial charge in [-0.3, -0.25) is 19.7 Å². The summed E-state index contributed by atoms with van der Waals surface area (Å²) in [6.45, 7) is 3.55. The second-order valence-corrected chi connectivity index (χ2v) is 7.76. The van der Waals surface area contributed by atoms with Crippen LogP contribution in [-0.4, -0.2) is 30.7 Å². The van der Waals surface area contributed by atoms with Gasteiger partial charge in [0.05, 0.1) is 28.1 Å². The summed E-state index contributed by atoms with van der Waals surface area (Å²) in [5, 5.41) is 0. The number of nitrogens with zero attached hydrogens (tertiary/aromatic N) is 4. The Labute approximate surface area is 185 Å². The first-order valence-corrected chi connectivity index (χ1v) is 10.4. The summed E-state index contributed by atoms with van der Waals surface area (Å²) in [6, 6.07) is 19.6. The number of benzene rings is 2. The van der Waals surface area contributed by atoms with Crippen molar-refractivity contribution in [2.24, 2.45) is 0 Å². The number of Topliss-reactive ketones (excluding diaryl/α,β-unsaturated/α-hetero) is 1. The van der Waals surface area contributed by atoms with Crippen molar-refractivity contribution in [1.82, 2.24) is 24.9 Å². The molecular formula is C26H21N5O. The van der Waals surface area contributed by atoms with Crippen LogP contribution in [0.3, 0.4) is 0 Å². The molecule has 0 fully saturated rings. The van der Waals surface area contributed by atoms with Crippen molar-refractivity contribution in [2.75, 3.05) is 0 Å². The largest absolute Gasteiger partial charge is 0.340 e. The molecule has 0 aliphatic carbocycles. The van der Waals surface area contributed by atoms with Crippen LogP contribution in [0.25, 0.3) is 33.7 Å². The lowest BCUT2D eigenvalue weighted by Crippen LogP contribution is -1.96. The van der Waals surface area contributed by atoms with E-state index in [9.17, 15) is 4.79 Å². The van der Waals surface area contributed by atoms with E-state index in [0.717, 1.165) is 50.8 Å². The molecule has 3 heterocycles. The number of hydrogen-bond donors (Lipinski definition) is 1. The molecule has 1 N–H and O–H groups in total. The van der Waals surface area contributed by atoms with Gasteiger partial charge in [-0.05, 0) is 49.7 Å². The first kappa shape index (κ1) is 19.8. The van der Waals surface area contributed by atoms with E-state index >= 15 is 0 Å². The Morgan fingerprint density at radius 2 is 1.72 bits per heavy atom. The zero-order valence-electron chi connectivity index (χ0n) is 17.8. The van der Waals surface area contributed by atoms with E-state index in [1.54, 1.807) is 19.3 Å². The van der Waals surface area contributed by atoms with E-state index in [2.05, 4.69) is 15.0 Å². The Bertz CT molecular complexity index is 1450. The summed E-state index contributed by atoms with van der Waals surface area (Å²) in [5.74, 6) is 0.854. The van der Waals surface area contributed by atoms with Gasteiger partial charge in [0.15, 0.2) is 5.78 Å². The number of aryl methyl sites for hydroxylation is 1. The van der Waals surface area contributed by atoms with Gasteiger partial charge in [-0.25, -0.2) is 4.98 Å². The molecule has 0 unspecified atom stereocenters. The summed E-state index contributed by atoms with van der Waals surface area (Å²) in [6.07, 6.45) is 3.95. The highest BCUT2D eigenvalue weighted by Crippen LogP contribution is 2.31. The molecule has 0 radical (unpaired) electrons. The number of carbonyl (C=O) groups excluding carboxylic acids is 1. The highest BCUT2D eigenvalue weighted by molar-refractivity contribution is 5.94. The van der Waals surface area contributed by atoms with E-state index in [4.69, 9.17) is 9.97 Å². The van der Waals surface area contributed by atoms with Gasteiger partial charge in [0.25, 0.3) is 0 Å². The predicted molar refractivity (Wildman–Crippen MR) is 124 cm³/mol. The van der Waals surface area contributed by atoms with Gasteiger partial charge in [0.2, 0.25) is 0 Å². The van der Waals surface area contributed by atoms with Gasteiger partial charge < -0.3 is 4.98 Å². The van der Waals surface area contributed by atoms with Crippen molar-refractivity contribution in [2.45, 2.75) is 20.3 Å². The van der Waals surface area contributed by atoms with Crippen LogP contribution in [0.5, 0.6) is 0 Å². The van der Waals surface area contributed by atoms with Gasteiger partial charge in [-0.15, -0.1) is 0 Å². The van der Waals surface area contributed by atoms with Crippen LogP contribution in [0.15, 0.2) is 73.1 Å². The van der Waals surface area contributed by atoms with Crippen LogP contribution in [0, 0.1) is 6.92 Å². The number of imidazole rings is 1. The molecule has 3 aromatic heterocycles. The lowest BCUT2D eigenvalue weighted by Gasteiger charge is -2.04. The normalized spacial score (nSPS) is 11.1. The fourth-order valence-corrected chi connectivity index (χ4v) is 3.79. The smallest absolute Gasteiger partial charge is 0.159 e. The molecule has 0 saturated carbocycles. The number of aromatic amines is 1. The molecule has 32 heavy (non-hydrogen) atoms. The molecule has 6 heteroatoms. The SMILES string of the molecule is CC(=O)c1cccc(Cc2nc(-c3ccc4nccnc4c3)c(-c3cccc(C)n3)[nH]2)c1. The number of hydrogen-bond acceptors (Lipinski definition) is 5. The Kier molecular flexibility index (Phi) is 5.03. The minimum atomic E-state index is 0.0499. The van der Waals surface area contributed by atoms with Crippen molar-refractivity contribution >= 4 is 16.8 Å². The molecule has 0 aliphatic rings. The third kappa shape index (κ3) is 3.90. The molecule has 0 amide bonds. The van der Waals surface area contributed by atoms with Crippen LogP contribution >= 0.6 is 0 Å². The van der Waals surface area contributed by atoms with Gasteiger partial charge in [0, 0.05) is 35.6 Å². The number of rotatable bonds is 5. The van der Waals surface area contributed by atoms with Gasteiger partial charge in [0.1, 0.15) is 5.82 Å². The Balaban J connectivity index is 1.62. The van der Waals surface area contributed by atoms with Gasteiger partial charge in [-0.2, -0.15) is 0 Å². The van der Waals surface area contributed by atoms with Crippen LogP contribution in [0.1, 0.15) is 34.4 Å². The first-order valence-electron chi connectivity index (χ1n) is 10.4. The first-order chi connectivity index (χ1) is 15.6. The molecule has 0 spiro atoms. The molecule has 156 valence electrons. The monoisotopic (exact) mass is 419 g/mol. The fourth-order valence-electron chi connectivity index (χ4n) is 3.79. The zero-order chi connectivity index (χ0) is 22.1. The van der Waals surface area contributed by atoms with E-state index in [0.29, 0.717) is 12.0 Å². The summed E-state index contributed by atoms with van der Waals surface area (Å²) < 4.78 is 0. The van der Waals surface area contributed by atoms with Crippen LogP contribution in [-0.2, 0) is 6.42 Å². The van der Waals surface area contributed by atoms with Gasteiger partial charge >= 0.3 is 0 Å². The molecule has 0 bridgehead atoms. The number of ketones is 1. The molecule has 6 nitrogen and oxygen atoms in total. The molecule has 5 aromatic rings. The van der Waals surface area contributed by atoms with Crippen molar-refractivity contribution in [3.63, 3.8) is 0 Å². The number of carbonyl (C=O) groups is 1. The van der Waals surface area contributed by atoms with Crippen molar-refractivity contribution in [1.29, 1.82) is 0 Å². The standard InChI is InChI=1S/C26H21N5O/c1-16-5-3-8-22(29-16)26-25(20-9-10-21-23(15-20)28-12-11-27-21)30-24(31-26)14-18-6-4-7-19(13-18)17(2)32/h3-13,15H,14H2,1-2H3,(H,30,31). The number of fused-ring (bicyclic) bond motifs is 1. The predicted octanol–water partition coefficient (Wildman–Crippen LogP) is 5.18. The zero-order valence-corrected chi connectivity index (χ0v) is 17.8. The second kappa shape index (κ2) is 8.15. The molecule has 2 aromatic carbocycles. The third-order valence-electron chi connectivity index (χ3n) is 5.35. The Hall–Kier alpha value is -4.19. The average molecular weight is 419 g/mol. The Morgan fingerprint density at radius 1 is 0.906 bits per heavy atom. The molecule has 0 atom stereocenters. The second-order valence-electron chi connectivity index (χ2n) is 7.76. The lowest BCUT2D eigenvalue weighted by molar-refractivity contribution is 0.101. The van der Waals surface area contributed by atoms with E-state index in [1.165, 1.54) is 0 Å². The summed E-state index contributed by atoms with van der Waals surface area (Å²) in [7, 11) is 0. The average Bonchev–Trinajstić information content (AvgIpc) is 3.22. The van der Waals surface area contributed by atoms with Gasteiger partial charge in [-0.1, -0.05) is 30.3 Å². The van der Waals surface area contributed by atoms with Crippen molar-refractivity contribution < 1.29 is 4.79 Å². The summed E-state index contributed by atoms with van der Waals surface area (Å²) in [5.41, 5.74) is 7.74. The van der Waals surface area contributed by atoms with Crippen molar-refractivity contribution in [3.05, 3.63) is 95.7 Å². The number of pyridine rings is 1. The lowest BCUT2D eigenvalue weighted by atomic mass is 10.1. The molecule has 5 rings (SSSR count). The maximum Gasteiger partial charge on any atom is 0.159 e. The third-order valence-corrected chi connectivity index (χ3v) is 5.35. The highest BCUT2D eigenvalue weighted by Gasteiger charge is 2.17. The van der Waals surface area contributed by atoms with Crippen molar-refractivity contribution in [3.8, 4) is 22.6 Å². The van der Waals surface area contributed by atoms with E-state index in [1.807, 2.05) is 67.6 Å². The fraction of sp³-hybridized carbons (Fsp3) is 0.115. The molecule has 0 aliphatic heterocycles. The summed E-state index contributed by atoms with van der Waals surface area (Å²) >= 11 is 0. The Morgan fingerprint density at radius 3 is 2.53 bits per heavy atom. The number of aromatic nitrogens is 5. The maximum atomic E-state index is 11.8. The van der Waals surface area contributed by atoms with Crippen LogP contribution < -0.4 is 0 Å². The summed E-state index contributed by atoms with van der Waals surface area (Å²) in [4.78, 5) is 33.7. The van der Waals surface area contributed by atoms with E-state index < -0.39 is 0 Å². The minimum Gasteiger partial charge on any atom is -0.340 e. The molecule has 0 saturated heterocycles. The highest BCUT2D eigenvalue weighted by atomic mass is 16.1. The van der Waals surface area contributed by atoms with Crippen LogP contribution in [0.2, 0.25) is 0 Å². The quantitative estimate of drug-likeness (QED) is 0.397. The maximum absolute atomic E-state index is 11.8. The topological polar surface area (TPSA) is 84.4 Å².